The number of benzene rings is 2. The van der Waals surface area contributed by atoms with Crippen LogP contribution in [-0.2, 0) is 19.2 Å². The summed E-state index contributed by atoms with van der Waals surface area (Å²) >= 11 is 0. The van der Waals surface area contributed by atoms with Crippen molar-refractivity contribution in [3.8, 4) is 0 Å². The fourth-order valence-corrected chi connectivity index (χ4v) is 5.74. The van der Waals surface area contributed by atoms with Crippen LogP contribution in [0.1, 0.15) is 72.1 Å². The van der Waals surface area contributed by atoms with E-state index < -0.39 is 29.6 Å². The number of amides is 4. The van der Waals surface area contributed by atoms with Gasteiger partial charge in [0.2, 0.25) is 0 Å². The van der Waals surface area contributed by atoms with Crippen molar-refractivity contribution >= 4 is 51.7 Å². The van der Waals surface area contributed by atoms with Crippen molar-refractivity contribution in [3.63, 3.8) is 0 Å². The first-order valence-corrected chi connectivity index (χ1v) is 12.5. The molecule has 1 saturated heterocycles. The van der Waals surface area contributed by atoms with Crippen LogP contribution in [0.2, 0.25) is 0 Å². The maximum Gasteiger partial charge on any atom is 0.333 e. The van der Waals surface area contributed by atoms with Crippen LogP contribution in [0, 0.1) is 0 Å². The Labute approximate surface area is 206 Å². The second kappa shape index (κ2) is 8.61. The van der Waals surface area contributed by atoms with E-state index in [9.17, 15) is 24.0 Å². The highest BCUT2D eigenvalue weighted by Gasteiger charge is 2.37. The SMILES string of the molecule is O=C(CCCN1C(=O)c2ccc3c4c(ccc(c24)C1=O)NC1CCCCC1N3)ON1C(=O)CCC1=O. The molecule has 1 aliphatic carbocycles. The van der Waals surface area contributed by atoms with Crippen LogP contribution in [-0.4, -0.2) is 58.2 Å². The van der Waals surface area contributed by atoms with Gasteiger partial charge in [-0.15, -0.1) is 5.06 Å². The molecule has 2 aromatic carbocycles. The molecule has 3 aliphatic heterocycles. The molecule has 2 unspecified atom stereocenters. The normalized spacial score (nSPS) is 22.8. The highest BCUT2D eigenvalue weighted by atomic mass is 16.7. The Balaban J connectivity index is 1.22. The van der Waals surface area contributed by atoms with Crippen LogP contribution >= 0.6 is 0 Å². The van der Waals surface area contributed by atoms with Crippen molar-refractivity contribution in [3.05, 3.63) is 35.4 Å². The summed E-state index contributed by atoms with van der Waals surface area (Å²) in [5, 5.41) is 9.31. The Morgan fingerprint density at radius 2 is 1.39 bits per heavy atom. The lowest BCUT2D eigenvalue weighted by Crippen LogP contribution is -2.41. The quantitative estimate of drug-likeness (QED) is 0.613. The van der Waals surface area contributed by atoms with E-state index >= 15 is 0 Å². The predicted molar refractivity (Wildman–Crippen MR) is 129 cm³/mol. The number of nitrogens with zero attached hydrogens (tertiary/aromatic N) is 2. The van der Waals surface area contributed by atoms with Gasteiger partial charge in [-0.3, -0.25) is 24.1 Å². The van der Waals surface area contributed by atoms with Crippen LogP contribution in [0.3, 0.4) is 0 Å². The second-order valence-electron chi connectivity index (χ2n) is 9.77. The van der Waals surface area contributed by atoms with E-state index in [-0.39, 0.29) is 32.2 Å². The molecule has 10 nitrogen and oxygen atoms in total. The van der Waals surface area contributed by atoms with Gasteiger partial charge in [0.25, 0.3) is 23.6 Å². The van der Waals surface area contributed by atoms with Crippen LogP contribution in [0.25, 0.3) is 10.8 Å². The third kappa shape index (κ3) is 3.59. The first kappa shape index (κ1) is 22.5. The highest BCUT2D eigenvalue weighted by molar-refractivity contribution is 6.28. The molecule has 2 N–H and O–H groups in total. The topological polar surface area (TPSA) is 125 Å². The number of rotatable bonds is 5. The van der Waals surface area contributed by atoms with Crippen LogP contribution in [0.5, 0.6) is 0 Å². The Morgan fingerprint density at radius 3 is 1.94 bits per heavy atom. The lowest BCUT2D eigenvalue weighted by molar-refractivity contribution is -0.197. The molecule has 2 atom stereocenters. The first-order valence-electron chi connectivity index (χ1n) is 12.5. The Morgan fingerprint density at radius 1 is 0.833 bits per heavy atom. The maximum absolute atomic E-state index is 13.4. The van der Waals surface area contributed by atoms with Crippen molar-refractivity contribution in [1.82, 2.24) is 9.96 Å². The third-order valence-corrected chi connectivity index (χ3v) is 7.52. The lowest BCUT2D eigenvalue weighted by atomic mass is 9.90. The minimum absolute atomic E-state index is 0.0136. The summed E-state index contributed by atoms with van der Waals surface area (Å²) in [6.07, 6.45) is 4.50. The molecule has 4 aliphatic rings. The van der Waals surface area contributed by atoms with Gasteiger partial charge in [0.15, 0.2) is 0 Å². The lowest BCUT2D eigenvalue weighted by Gasteiger charge is -2.32. The number of carbonyl (C=O) groups is 5. The number of nitrogens with one attached hydrogen (secondary N) is 2. The van der Waals surface area contributed by atoms with E-state index in [1.807, 2.05) is 12.1 Å². The Kier molecular flexibility index (Phi) is 5.39. The minimum Gasteiger partial charge on any atom is -0.380 e. The summed E-state index contributed by atoms with van der Waals surface area (Å²) in [5.74, 6) is -2.67. The molecule has 2 aromatic rings. The van der Waals surface area contributed by atoms with Gasteiger partial charge in [-0.25, -0.2) is 4.79 Å². The van der Waals surface area contributed by atoms with Crippen LogP contribution < -0.4 is 10.6 Å². The fraction of sp³-hybridized carbons (Fsp3) is 0.423. The zero-order chi connectivity index (χ0) is 25.0. The highest BCUT2D eigenvalue weighted by Crippen LogP contribution is 2.42. The number of fused-ring (bicyclic) bond motifs is 1. The molecule has 6 rings (SSSR count). The molecule has 4 amide bonds. The van der Waals surface area contributed by atoms with Crippen LogP contribution in [0.15, 0.2) is 24.3 Å². The average Bonchev–Trinajstić information content (AvgIpc) is 3.08. The van der Waals surface area contributed by atoms with E-state index in [4.69, 9.17) is 4.84 Å². The zero-order valence-corrected chi connectivity index (χ0v) is 19.7. The summed E-state index contributed by atoms with van der Waals surface area (Å²) in [6, 6.07) is 7.94. The maximum atomic E-state index is 13.4. The number of hydrogen-bond acceptors (Lipinski definition) is 8. The molecule has 1 saturated carbocycles. The van der Waals surface area contributed by atoms with E-state index in [0.717, 1.165) is 34.5 Å². The molecule has 2 fully saturated rings. The van der Waals surface area contributed by atoms with Gasteiger partial charge in [0, 0.05) is 71.2 Å². The van der Waals surface area contributed by atoms with Gasteiger partial charge in [0.05, 0.1) is 0 Å². The van der Waals surface area contributed by atoms with Gasteiger partial charge < -0.3 is 15.5 Å². The summed E-state index contributed by atoms with van der Waals surface area (Å²) < 4.78 is 0. The van der Waals surface area contributed by atoms with Crippen molar-refractivity contribution in [1.29, 1.82) is 0 Å². The molecule has 10 heteroatoms. The summed E-state index contributed by atoms with van der Waals surface area (Å²) in [4.78, 5) is 68.1. The standard InChI is InChI=1S/C26H26N4O6/c31-20-11-12-21(32)30(20)36-22(33)6-3-13-29-25(34)14-7-9-18-24-19(10-8-15(23(14)24)26(29)35)28-17-5-2-1-4-16(17)27-18/h7-10,16-17,27-28H,1-6,11-13H2. The minimum atomic E-state index is -0.760. The van der Waals surface area contributed by atoms with Crippen molar-refractivity contribution in [2.75, 3.05) is 17.2 Å². The van der Waals surface area contributed by atoms with Gasteiger partial charge >= 0.3 is 5.97 Å². The number of hydroxylamine groups is 2. The van der Waals surface area contributed by atoms with Crippen molar-refractivity contribution in [2.24, 2.45) is 0 Å². The van der Waals surface area contributed by atoms with Gasteiger partial charge in [-0.1, -0.05) is 12.8 Å². The van der Waals surface area contributed by atoms with E-state index in [1.54, 1.807) is 12.1 Å². The summed E-state index contributed by atoms with van der Waals surface area (Å²) in [6.45, 7) is 0.0136. The number of anilines is 2. The van der Waals surface area contributed by atoms with E-state index in [2.05, 4.69) is 10.6 Å². The molecule has 36 heavy (non-hydrogen) atoms. The van der Waals surface area contributed by atoms with Crippen LogP contribution in [0.4, 0.5) is 11.4 Å². The number of carbonyl (C=O) groups excluding carboxylic acids is 5. The molecule has 3 heterocycles. The van der Waals surface area contributed by atoms with Gasteiger partial charge in [-0.05, 0) is 43.5 Å². The predicted octanol–water partition coefficient (Wildman–Crippen LogP) is 2.97. The molecule has 0 radical (unpaired) electrons. The molecule has 0 bridgehead atoms. The Bertz CT molecular complexity index is 1250. The monoisotopic (exact) mass is 490 g/mol. The molecule has 0 aromatic heterocycles. The average molecular weight is 491 g/mol. The van der Waals surface area contributed by atoms with Crippen molar-refractivity contribution in [2.45, 2.75) is 63.5 Å². The summed E-state index contributed by atoms with van der Waals surface area (Å²) in [5.41, 5.74) is 2.76. The van der Waals surface area contributed by atoms with Crippen molar-refractivity contribution < 1.29 is 28.8 Å². The zero-order valence-electron chi connectivity index (χ0n) is 19.7. The summed E-state index contributed by atoms with van der Waals surface area (Å²) in [7, 11) is 0. The van der Waals surface area contributed by atoms with Gasteiger partial charge in [0.1, 0.15) is 0 Å². The molecule has 186 valence electrons. The molecular formula is C26H26N4O6. The number of imide groups is 2. The van der Waals surface area contributed by atoms with E-state index in [0.29, 0.717) is 33.7 Å². The second-order valence-corrected chi connectivity index (χ2v) is 9.77. The van der Waals surface area contributed by atoms with Gasteiger partial charge in [-0.2, -0.15) is 0 Å². The smallest absolute Gasteiger partial charge is 0.333 e. The molecular weight excluding hydrogens is 464 g/mol. The molecule has 0 spiro atoms. The largest absolute Gasteiger partial charge is 0.380 e. The fourth-order valence-electron chi connectivity index (χ4n) is 5.74. The number of hydrogen-bond donors (Lipinski definition) is 2. The Hall–Kier alpha value is -3.95. The van der Waals surface area contributed by atoms with E-state index in [1.165, 1.54) is 12.8 Å². The first-order chi connectivity index (χ1) is 17.4. The third-order valence-electron chi connectivity index (χ3n) is 7.52.